The molecule has 8 nitrogen and oxygen atoms in total. The molecule has 24 heavy (non-hydrogen) atoms. The van der Waals surface area contributed by atoms with E-state index in [9.17, 15) is 14.4 Å². The molecule has 0 heterocycles. The number of methoxy groups -OCH3 is 2. The summed E-state index contributed by atoms with van der Waals surface area (Å²) in [7, 11) is 4.39. The molecular formula is C16H32N2O6. The van der Waals surface area contributed by atoms with Crippen molar-refractivity contribution in [2.24, 2.45) is 0 Å². The Bertz CT molecular complexity index is 406. The van der Waals surface area contributed by atoms with Crippen LogP contribution in [0.2, 0.25) is 0 Å². The van der Waals surface area contributed by atoms with Crippen LogP contribution >= 0.6 is 0 Å². The molecule has 0 saturated carbocycles. The van der Waals surface area contributed by atoms with Crippen LogP contribution in [0.4, 0.5) is 0 Å². The third-order valence-corrected chi connectivity index (χ3v) is 2.80. The van der Waals surface area contributed by atoms with Crippen molar-refractivity contribution in [1.29, 1.82) is 0 Å². The molecule has 0 saturated heterocycles. The zero-order valence-corrected chi connectivity index (χ0v) is 16.2. The van der Waals surface area contributed by atoms with E-state index in [0.29, 0.717) is 0 Å². The maximum atomic E-state index is 11.6. The largest absolute Gasteiger partial charge is 0.468 e. The number of esters is 3. The minimum atomic E-state index is -0.548. The van der Waals surface area contributed by atoms with Gasteiger partial charge in [-0.2, -0.15) is 0 Å². The second-order valence-corrected chi connectivity index (χ2v) is 6.20. The van der Waals surface area contributed by atoms with E-state index in [0.717, 1.165) is 0 Å². The van der Waals surface area contributed by atoms with Gasteiger partial charge in [0.25, 0.3) is 0 Å². The zero-order valence-electron chi connectivity index (χ0n) is 16.2. The predicted molar refractivity (Wildman–Crippen MR) is 90.5 cm³/mol. The first-order chi connectivity index (χ1) is 10.9. The summed E-state index contributed by atoms with van der Waals surface area (Å²) >= 11 is 0. The van der Waals surface area contributed by atoms with Crippen LogP contribution in [0.1, 0.15) is 41.5 Å². The lowest BCUT2D eigenvalue weighted by Gasteiger charge is -2.23. The number of hydrogen-bond donors (Lipinski definition) is 2. The van der Waals surface area contributed by atoms with Crippen molar-refractivity contribution < 1.29 is 28.6 Å². The van der Waals surface area contributed by atoms with Gasteiger partial charge in [0.05, 0.1) is 14.2 Å². The highest BCUT2D eigenvalue weighted by Gasteiger charge is 2.24. The van der Waals surface area contributed by atoms with Crippen molar-refractivity contribution in [3.8, 4) is 0 Å². The van der Waals surface area contributed by atoms with Gasteiger partial charge in [-0.05, 0) is 48.6 Å². The van der Waals surface area contributed by atoms with Gasteiger partial charge in [-0.25, -0.2) is 0 Å². The average molecular weight is 348 g/mol. The SMILES string of the molecule is CNC(C)C(=O)OC.COC(=O)C(C)NC(C)C(=O)OC(C)(C)C. The summed E-state index contributed by atoms with van der Waals surface area (Å²) in [5.41, 5.74) is -0.526. The molecule has 3 unspecified atom stereocenters. The van der Waals surface area contributed by atoms with E-state index in [1.165, 1.54) is 14.2 Å². The van der Waals surface area contributed by atoms with Crippen molar-refractivity contribution in [3.63, 3.8) is 0 Å². The van der Waals surface area contributed by atoms with E-state index in [2.05, 4.69) is 20.1 Å². The first-order valence-electron chi connectivity index (χ1n) is 7.71. The van der Waals surface area contributed by atoms with Crippen LogP contribution in [-0.4, -0.2) is 62.9 Å². The smallest absolute Gasteiger partial charge is 0.323 e. The molecule has 0 amide bonds. The molecule has 0 bridgehead atoms. The van der Waals surface area contributed by atoms with Crippen molar-refractivity contribution in [3.05, 3.63) is 0 Å². The maximum absolute atomic E-state index is 11.6. The summed E-state index contributed by atoms with van der Waals surface area (Å²) in [6.45, 7) is 10.4. The highest BCUT2D eigenvalue weighted by atomic mass is 16.6. The molecular weight excluding hydrogens is 316 g/mol. The molecule has 0 aliphatic carbocycles. The summed E-state index contributed by atoms with van der Waals surface area (Å²) in [6.07, 6.45) is 0. The van der Waals surface area contributed by atoms with E-state index < -0.39 is 23.7 Å². The van der Waals surface area contributed by atoms with Crippen LogP contribution in [0.3, 0.4) is 0 Å². The zero-order chi connectivity index (χ0) is 19.5. The standard InChI is InChI=1S/C11H21NO4.C5H11NO2/c1-7(9(13)15-6)12-8(2)10(14)16-11(3,4)5;1-4(6-2)5(7)8-3/h7-8,12H,1-6H3;4,6H,1-3H3. The van der Waals surface area contributed by atoms with Crippen molar-refractivity contribution in [2.75, 3.05) is 21.3 Å². The summed E-state index contributed by atoms with van der Waals surface area (Å²) in [5.74, 6) is -1.02. The summed E-state index contributed by atoms with van der Waals surface area (Å²) in [4.78, 5) is 33.1. The lowest BCUT2D eigenvalue weighted by Crippen LogP contribution is -2.46. The molecule has 0 aliphatic heterocycles. The molecule has 0 radical (unpaired) electrons. The summed E-state index contributed by atoms with van der Waals surface area (Å²) in [5, 5.41) is 5.54. The number of likely N-dealkylation sites (N-methyl/N-ethyl adjacent to an activating group) is 1. The molecule has 142 valence electrons. The number of hydrogen-bond acceptors (Lipinski definition) is 8. The average Bonchev–Trinajstić information content (AvgIpc) is 2.51. The van der Waals surface area contributed by atoms with Gasteiger partial charge < -0.3 is 19.5 Å². The van der Waals surface area contributed by atoms with Crippen molar-refractivity contribution in [2.45, 2.75) is 65.3 Å². The van der Waals surface area contributed by atoms with Crippen LogP contribution < -0.4 is 10.6 Å². The minimum Gasteiger partial charge on any atom is -0.468 e. The van der Waals surface area contributed by atoms with E-state index >= 15 is 0 Å². The fourth-order valence-electron chi connectivity index (χ4n) is 1.37. The van der Waals surface area contributed by atoms with Gasteiger partial charge in [-0.15, -0.1) is 0 Å². The molecule has 2 N–H and O–H groups in total. The quantitative estimate of drug-likeness (QED) is 0.532. The van der Waals surface area contributed by atoms with Crippen LogP contribution in [0.15, 0.2) is 0 Å². The Kier molecular flexibility index (Phi) is 12.1. The number of ether oxygens (including phenoxy) is 3. The van der Waals surface area contributed by atoms with Gasteiger partial charge in [0.2, 0.25) is 0 Å². The summed E-state index contributed by atoms with van der Waals surface area (Å²) < 4.78 is 14.1. The second-order valence-electron chi connectivity index (χ2n) is 6.20. The van der Waals surface area contributed by atoms with Gasteiger partial charge in [0.15, 0.2) is 0 Å². The lowest BCUT2D eigenvalue weighted by molar-refractivity contribution is -0.157. The van der Waals surface area contributed by atoms with Gasteiger partial charge >= 0.3 is 17.9 Å². The number of nitrogens with one attached hydrogen (secondary N) is 2. The Morgan fingerprint density at radius 3 is 1.46 bits per heavy atom. The van der Waals surface area contributed by atoms with Gasteiger partial charge in [0, 0.05) is 0 Å². The fourth-order valence-corrected chi connectivity index (χ4v) is 1.37. The monoisotopic (exact) mass is 348 g/mol. The minimum absolute atomic E-state index is 0.194. The Labute approximate surface area is 144 Å². The van der Waals surface area contributed by atoms with E-state index in [1.807, 2.05) is 0 Å². The highest BCUT2D eigenvalue weighted by Crippen LogP contribution is 2.08. The maximum Gasteiger partial charge on any atom is 0.323 e. The number of carbonyl (C=O) groups excluding carboxylic acids is 3. The predicted octanol–water partition coefficient (Wildman–Crippen LogP) is 0.635. The molecule has 0 aromatic carbocycles. The first kappa shape index (κ1) is 24.6. The van der Waals surface area contributed by atoms with E-state index in [-0.39, 0.29) is 18.0 Å². The van der Waals surface area contributed by atoms with Crippen LogP contribution in [0.25, 0.3) is 0 Å². The Morgan fingerprint density at radius 1 is 0.792 bits per heavy atom. The van der Waals surface area contributed by atoms with Crippen molar-refractivity contribution >= 4 is 17.9 Å². The number of rotatable bonds is 6. The van der Waals surface area contributed by atoms with E-state index in [4.69, 9.17) is 4.74 Å². The molecule has 0 rings (SSSR count). The first-order valence-corrected chi connectivity index (χ1v) is 7.71. The third-order valence-electron chi connectivity index (χ3n) is 2.80. The number of carbonyl (C=O) groups is 3. The summed E-state index contributed by atoms with van der Waals surface area (Å²) in [6, 6.07) is -1.28. The molecule has 0 fully saturated rings. The second kappa shape index (κ2) is 11.8. The van der Waals surface area contributed by atoms with Gasteiger partial charge in [-0.1, -0.05) is 0 Å². The molecule has 0 spiro atoms. The highest BCUT2D eigenvalue weighted by molar-refractivity contribution is 5.79. The Hall–Kier alpha value is -1.67. The lowest BCUT2D eigenvalue weighted by atomic mass is 10.2. The van der Waals surface area contributed by atoms with Crippen molar-refractivity contribution in [1.82, 2.24) is 10.6 Å². The van der Waals surface area contributed by atoms with E-state index in [1.54, 1.807) is 48.6 Å². The molecule has 8 heteroatoms. The molecule has 0 aliphatic rings. The van der Waals surface area contributed by atoms with Crippen LogP contribution in [0.5, 0.6) is 0 Å². The third kappa shape index (κ3) is 11.8. The fraction of sp³-hybridized carbons (Fsp3) is 0.812. The topological polar surface area (TPSA) is 103 Å². The van der Waals surface area contributed by atoms with Crippen LogP contribution in [0, 0.1) is 0 Å². The molecule has 3 atom stereocenters. The Morgan fingerprint density at radius 2 is 1.17 bits per heavy atom. The van der Waals surface area contributed by atoms with Gasteiger partial charge in [-0.3, -0.25) is 19.7 Å². The molecule has 0 aromatic rings. The molecule has 0 aromatic heterocycles. The van der Waals surface area contributed by atoms with Gasteiger partial charge in [0.1, 0.15) is 23.7 Å². The Balaban J connectivity index is 0. The normalized spacial score (nSPS) is 14.4. The van der Waals surface area contributed by atoms with Crippen LogP contribution in [-0.2, 0) is 28.6 Å².